The number of hydrogen-bond acceptors (Lipinski definition) is 2. The highest BCUT2D eigenvalue weighted by atomic mass is 79.9. The van der Waals surface area contributed by atoms with Crippen molar-refractivity contribution in [2.75, 3.05) is 7.11 Å². The van der Waals surface area contributed by atoms with Gasteiger partial charge in [0.1, 0.15) is 5.75 Å². The Kier molecular flexibility index (Phi) is 2.30. The van der Waals surface area contributed by atoms with Gasteiger partial charge in [-0.1, -0.05) is 15.9 Å². The van der Waals surface area contributed by atoms with E-state index < -0.39 is 0 Å². The highest BCUT2D eigenvalue weighted by molar-refractivity contribution is 9.10. The van der Waals surface area contributed by atoms with E-state index in [0.29, 0.717) is 0 Å². The number of halogens is 1. The lowest BCUT2D eigenvalue weighted by Crippen LogP contribution is -1.82. The van der Waals surface area contributed by atoms with Crippen molar-refractivity contribution in [1.82, 2.24) is 0 Å². The van der Waals surface area contributed by atoms with Gasteiger partial charge in [-0.05, 0) is 30.0 Å². The van der Waals surface area contributed by atoms with Gasteiger partial charge in [-0.3, -0.25) is 0 Å². The Morgan fingerprint density at radius 3 is 2.85 bits per heavy atom. The number of rotatable bonds is 1. The summed E-state index contributed by atoms with van der Waals surface area (Å²) in [5.41, 5.74) is 1.30. The Bertz CT molecular complexity index is 447. The number of thiophene rings is 1. The fraction of sp³-hybridized carbons (Fsp3) is 0.200. The Labute approximate surface area is 89.5 Å². The Morgan fingerprint density at radius 2 is 2.15 bits per heavy atom. The zero-order valence-corrected chi connectivity index (χ0v) is 9.83. The molecule has 0 N–H and O–H groups in total. The summed E-state index contributed by atoms with van der Waals surface area (Å²) >= 11 is 5.27. The summed E-state index contributed by atoms with van der Waals surface area (Å²) in [4.78, 5) is 0. The highest BCUT2D eigenvalue weighted by Gasteiger charge is 2.08. The lowest BCUT2D eigenvalue weighted by Gasteiger charge is -2.02. The molecule has 0 spiro atoms. The monoisotopic (exact) mass is 256 g/mol. The van der Waals surface area contributed by atoms with E-state index in [-0.39, 0.29) is 0 Å². The van der Waals surface area contributed by atoms with E-state index >= 15 is 0 Å². The summed E-state index contributed by atoms with van der Waals surface area (Å²) in [6, 6.07) is 4.02. The lowest BCUT2D eigenvalue weighted by molar-refractivity contribution is 0.420. The van der Waals surface area contributed by atoms with Crippen LogP contribution in [0.25, 0.3) is 10.1 Å². The van der Waals surface area contributed by atoms with Crippen LogP contribution in [0.15, 0.2) is 22.0 Å². The van der Waals surface area contributed by atoms with Crippen LogP contribution in [0, 0.1) is 6.92 Å². The maximum absolute atomic E-state index is 5.29. The average Bonchev–Trinajstić information content (AvgIpc) is 2.50. The molecule has 68 valence electrons. The maximum atomic E-state index is 5.29. The minimum Gasteiger partial charge on any atom is -0.495 e. The van der Waals surface area contributed by atoms with E-state index in [1.54, 1.807) is 18.4 Å². The third kappa shape index (κ3) is 1.36. The van der Waals surface area contributed by atoms with Crippen molar-refractivity contribution in [3.05, 3.63) is 27.5 Å². The molecule has 0 aliphatic heterocycles. The molecule has 1 aromatic carbocycles. The molecule has 3 heteroatoms. The van der Waals surface area contributed by atoms with Gasteiger partial charge in [0.15, 0.2) is 0 Å². The van der Waals surface area contributed by atoms with Gasteiger partial charge in [-0.2, -0.15) is 0 Å². The molecule has 0 radical (unpaired) electrons. The molecule has 0 atom stereocenters. The van der Waals surface area contributed by atoms with Crippen molar-refractivity contribution in [2.24, 2.45) is 0 Å². The third-order valence-electron chi connectivity index (χ3n) is 2.04. The first-order valence-corrected chi connectivity index (χ1v) is 5.61. The van der Waals surface area contributed by atoms with Crippen LogP contribution in [-0.4, -0.2) is 7.11 Å². The van der Waals surface area contributed by atoms with E-state index in [4.69, 9.17) is 4.74 Å². The molecule has 1 heterocycles. The van der Waals surface area contributed by atoms with Crippen LogP contribution < -0.4 is 4.74 Å². The molecule has 2 aromatic rings. The summed E-state index contributed by atoms with van der Waals surface area (Å²) in [6.45, 7) is 2.11. The highest BCUT2D eigenvalue weighted by Crippen LogP contribution is 2.37. The molecular formula is C10H9BrOS. The average molecular weight is 257 g/mol. The maximum Gasteiger partial charge on any atom is 0.136 e. The van der Waals surface area contributed by atoms with E-state index in [2.05, 4.69) is 28.2 Å². The molecule has 0 aliphatic rings. The number of ether oxygens (including phenoxy) is 1. The molecule has 0 saturated heterocycles. The number of hydrogen-bond donors (Lipinski definition) is 0. The fourth-order valence-corrected chi connectivity index (χ4v) is 3.23. The zero-order chi connectivity index (χ0) is 9.42. The van der Waals surface area contributed by atoms with Crippen molar-refractivity contribution < 1.29 is 4.74 Å². The standard InChI is InChI=1S/C10H9BrOS/c1-6-5-13-10-8(12-2)4-3-7(11)9(6)10/h3-5H,1-2H3. The number of fused-ring (bicyclic) bond motifs is 1. The van der Waals surface area contributed by atoms with Gasteiger partial charge in [-0.15, -0.1) is 11.3 Å². The van der Waals surface area contributed by atoms with Crippen molar-refractivity contribution in [2.45, 2.75) is 6.92 Å². The number of benzene rings is 1. The first-order chi connectivity index (χ1) is 6.24. The van der Waals surface area contributed by atoms with Crippen LogP contribution in [0.4, 0.5) is 0 Å². The predicted molar refractivity (Wildman–Crippen MR) is 60.8 cm³/mol. The summed E-state index contributed by atoms with van der Waals surface area (Å²) in [7, 11) is 1.71. The van der Waals surface area contributed by atoms with Gasteiger partial charge >= 0.3 is 0 Å². The van der Waals surface area contributed by atoms with Gasteiger partial charge in [-0.25, -0.2) is 0 Å². The predicted octanol–water partition coefficient (Wildman–Crippen LogP) is 3.98. The van der Waals surface area contributed by atoms with Crippen LogP contribution in [0.2, 0.25) is 0 Å². The Morgan fingerprint density at radius 1 is 1.38 bits per heavy atom. The van der Waals surface area contributed by atoms with Gasteiger partial charge in [0, 0.05) is 9.86 Å². The van der Waals surface area contributed by atoms with Gasteiger partial charge in [0.2, 0.25) is 0 Å². The number of methoxy groups -OCH3 is 1. The van der Waals surface area contributed by atoms with E-state index in [0.717, 1.165) is 10.2 Å². The zero-order valence-electron chi connectivity index (χ0n) is 7.43. The first kappa shape index (κ1) is 9.03. The first-order valence-electron chi connectivity index (χ1n) is 3.94. The second kappa shape index (κ2) is 3.31. The van der Waals surface area contributed by atoms with Crippen molar-refractivity contribution in [3.63, 3.8) is 0 Å². The molecule has 2 rings (SSSR count). The van der Waals surface area contributed by atoms with E-state index in [9.17, 15) is 0 Å². The minimum atomic E-state index is 0.955. The normalized spacial score (nSPS) is 10.7. The lowest BCUT2D eigenvalue weighted by atomic mass is 10.2. The largest absolute Gasteiger partial charge is 0.495 e. The third-order valence-corrected chi connectivity index (χ3v) is 3.81. The van der Waals surface area contributed by atoms with Gasteiger partial charge in [0.05, 0.1) is 11.8 Å². The molecule has 1 nitrogen and oxygen atoms in total. The van der Waals surface area contributed by atoms with Crippen LogP contribution in [-0.2, 0) is 0 Å². The fourth-order valence-electron chi connectivity index (χ4n) is 1.39. The van der Waals surface area contributed by atoms with E-state index in [1.165, 1.54) is 15.6 Å². The van der Waals surface area contributed by atoms with E-state index in [1.807, 2.05) is 12.1 Å². The van der Waals surface area contributed by atoms with Crippen LogP contribution in [0.5, 0.6) is 5.75 Å². The van der Waals surface area contributed by atoms with Crippen LogP contribution in [0.1, 0.15) is 5.56 Å². The molecule has 0 fully saturated rings. The molecule has 13 heavy (non-hydrogen) atoms. The van der Waals surface area contributed by atoms with Crippen LogP contribution in [0.3, 0.4) is 0 Å². The van der Waals surface area contributed by atoms with Gasteiger partial charge < -0.3 is 4.74 Å². The smallest absolute Gasteiger partial charge is 0.136 e. The molecule has 1 aromatic heterocycles. The molecule has 0 aliphatic carbocycles. The quantitative estimate of drug-likeness (QED) is 0.750. The second-order valence-corrected chi connectivity index (χ2v) is 4.61. The Hall–Kier alpha value is -0.540. The molecular weight excluding hydrogens is 248 g/mol. The Balaban J connectivity index is 2.87. The van der Waals surface area contributed by atoms with Crippen molar-refractivity contribution in [3.8, 4) is 5.75 Å². The minimum absolute atomic E-state index is 0.955. The summed E-state index contributed by atoms with van der Waals surface area (Å²) in [5, 5.41) is 3.42. The van der Waals surface area contributed by atoms with Crippen LogP contribution >= 0.6 is 27.3 Å². The number of aryl methyl sites for hydroxylation is 1. The SMILES string of the molecule is COc1ccc(Br)c2c(C)csc12. The molecule has 0 bridgehead atoms. The molecule has 0 amide bonds. The molecule has 0 saturated carbocycles. The summed E-state index contributed by atoms with van der Waals surface area (Å²) < 4.78 is 7.64. The molecule has 0 unspecified atom stereocenters. The van der Waals surface area contributed by atoms with Gasteiger partial charge in [0.25, 0.3) is 0 Å². The topological polar surface area (TPSA) is 9.23 Å². The van der Waals surface area contributed by atoms with Crippen molar-refractivity contribution >= 4 is 37.4 Å². The van der Waals surface area contributed by atoms with Crippen molar-refractivity contribution in [1.29, 1.82) is 0 Å². The summed E-state index contributed by atoms with van der Waals surface area (Å²) in [6.07, 6.45) is 0. The second-order valence-electron chi connectivity index (χ2n) is 2.87. The summed E-state index contributed by atoms with van der Waals surface area (Å²) in [5.74, 6) is 0.955.